The molecule has 24 heavy (non-hydrogen) atoms. The molecular weight excluding hydrogens is 352 g/mol. The van der Waals surface area contributed by atoms with Crippen LogP contribution in [0.5, 0.6) is 0 Å². The zero-order valence-corrected chi connectivity index (χ0v) is 15.6. The molecule has 0 unspecified atom stereocenters. The lowest BCUT2D eigenvalue weighted by Gasteiger charge is -2.35. The van der Waals surface area contributed by atoms with E-state index in [1.807, 2.05) is 0 Å². The number of hydrogen-bond donors (Lipinski definition) is 1. The maximum Gasteiger partial charge on any atom is 0.281 e. The summed E-state index contributed by atoms with van der Waals surface area (Å²) in [6.45, 7) is 3.12. The van der Waals surface area contributed by atoms with Crippen molar-refractivity contribution < 1.29 is 16.8 Å². The van der Waals surface area contributed by atoms with E-state index in [2.05, 4.69) is 4.90 Å². The fourth-order valence-corrected chi connectivity index (χ4v) is 4.15. The summed E-state index contributed by atoms with van der Waals surface area (Å²) in [4.78, 5) is 2.31. The molecule has 0 aliphatic carbocycles. The van der Waals surface area contributed by atoms with E-state index >= 15 is 0 Å². The second kappa shape index (κ2) is 7.46. The summed E-state index contributed by atoms with van der Waals surface area (Å²) >= 11 is 0. The fraction of sp³-hybridized carbons (Fsp3) is 0.571. The highest BCUT2D eigenvalue weighted by Crippen LogP contribution is 2.12. The van der Waals surface area contributed by atoms with Crippen molar-refractivity contribution in [2.24, 2.45) is 5.14 Å². The first-order valence-corrected chi connectivity index (χ1v) is 10.6. The first-order chi connectivity index (χ1) is 11.1. The first kappa shape index (κ1) is 19.3. The molecule has 0 spiro atoms. The Kier molecular flexibility index (Phi) is 6.00. The molecule has 1 aliphatic heterocycles. The predicted octanol–water partition coefficient (Wildman–Crippen LogP) is -0.699. The van der Waals surface area contributed by atoms with Crippen molar-refractivity contribution >= 4 is 20.2 Å². The third kappa shape index (κ3) is 4.74. The van der Waals surface area contributed by atoms with Gasteiger partial charge in [0, 0.05) is 46.8 Å². The van der Waals surface area contributed by atoms with Gasteiger partial charge in [-0.05, 0) is 24.1 Å². The minimum absolute atomic E-state index is 0.105. The van der Waals surface area contributed by atoms with Gasteiger partial charge in [-0.2, -0.15) is 17.0 Å². The monoisotopic (exact) mass is 376 g/mol. The minimum atomic E-state index is -3.66. The number of rotatable bonds is 6. The molecule has 0 atom stereocenters. The van der Waals surface area contributed by atoms with Gasteiger partial charge in [-0.15, -0.1) is 0 Å². The van der Waals surface area contributed by atoms with Crippen LogP contribution in [-0.4, -0.2) is 77.2 Å². The number of nitrogens with two attached hydrogens (primary N) is 1. The highest BCUT2D eigenvalue weighted by molar-refractivity contribution is 7.89. The second-order valence-electron chi connectivity index (χ2n) is 5.97. The first-order valence-electron chi connectivity index (χ1n) is 7.62. The van der Waals surface area contributed by atoms with Crippen LogP contribution in [0.1, 0.15) is 5.56 Å². The zero-order valence-electron chi connectivity index (χ0n) is 13.9. The van der Waals surface area contributed by atoms with Gasteiger partial charge < -0.3 is 4.90 Å². The summed E-state index contributed by atoms with van der Waals surface area (Å²) in [6.07, 6.45) is 0.769. The maximum atomic E-state index is 12.1. The molecule has 1 fully saturated rings. The van der Waals surface area contributed by atoms with Crippen molar-refractivity contribution in [2.45, 2.75) is 11.3 Å². The smallest absolute Gasteiger partial charge is 0.281 e. The average Bonchev–Trinajstić information content (AvgIpc) is 2.52. The summed E-state index contributed by atoms with van der Waals surface area (Å²) in [6, 6.07) is 6.53. The van der Waals surface area contributed by atoms with Crippen molar-refractivity contribution in [1.82, 2.24) is 13.5 Å². The Hall–Kier alpha value is -1.04. The SMILES string of the molecule is CN(C)S(=O)(=O)N1CCN(CCc2ccc(S(N)(=O)=O)cc2)CC1. The topological polar surface area (TPSA) is 104 Å². The van der Waals surface area contributed by atoms with E-state index in [1.54, 1.807) is 12.1 Å². The highest BCUT2D eigenvalue weighted by atomic mass is 32.2. The van der Waals surface area contributed by atoms with Crippen LogP contribution in [0.2, 0.25) is 0 Å². The lowest BCUT2D eigenvalue weighted by Crippen LogP contribution is -2.51. The third-order valence-corrected chi connectivity index (χ3v) is 6.96. The lowest BCUT2D eigenvalue weighted by atomic mass is 10.1. The standard InChI is InChI=1S/C14H24N4O4S2/c1-16(2)24(21,22)18-11-9-17(10-12-18)8-7-13-3-5-14(6-4-13)23(15,19)20/h3-6H,7-12H2,1-2H3,(H2,15,19,20). The van der Waals surface area contributed by atoms with Crippen molar-refractivity contribution in [2.75, 3.05) is 46.8 Å². The summed E-state index contributed by atoms with van der Waals surface area (Å²) in [5.41, 5.74) is 1.02. The van der Waals surface area contributed by atoms with Gasteiger partial charge in [0.15, 0.2) is 0 Å². The van der Waals surface area contributed by atoms with E-state index in [0.29, 0.717) is 26.2 Å². The molecule has 8 nitrogen and oxygen atoms in total. The summed E-state index contributed by atoms with van der Waals surface area (Å²) in [5.74, 6) is 0. The Morgan fingerprint density at radius 3 is 2.00 bits per heavy atom. The average molecular weight is 377 g/mol. The van der Waals surface area contributed by atoms with Crippen molar-refractivity contribution in [3.05, 3.63) is 29.8 Å². The molecular formula is C14H24N4O4S2. The fourth-order valence-electron chi connectivity index (χ4n) is 2.55. The summed E-state index contributed by atoms with van der Waals surface area (Å²) in [7, 11) is -3.93. The minimum Gasteiger partial charge on any atom is -0.300 e. The van der Waals surface area contributed by atoms with Crippen LogP contribution in [0.3, 0.4) is 0 Å². The molecule has 2 rings (SSSR count). The van der Waals surface area contributed by atoms with Gasteiger partial charge >= 0.3 is 0 Å². The van der Waals surface area contributed by atoms with E-state index in [1.165, 1.54) is 34.8 Å². The van der Waals surface area contributed by atoms with Crippen LogP contribution in [0.15, 0.2) is 29.2 Å². The summed E-state index contributed by atoms with van der Waals surface area (Å²) in [5, 5.41) is 5.07. The van der Waals surface area contributed by atoms with Gasteiger partial charge in [-0.1, -0.05) is 12.1 Å². The van der Waals surface area contributed by atoms with E-state index in [0.717, 1.165) is 18.5 Å². The van der Waals surface area contributed by atoms with Gasteiger partial charge in [-0.25, -0.2) is 13.6 Å². The normalized spacial score (nSPS) is 18.2. The van der Waals surface area contributed by atoms with Crippen LogP contribution in [-0.2, 0) is 26.7 Å². The van der Waals surface area contributed by atoms with E-state index in [4.69, 9.17) is 5.14 Å². The van der Waals surface area contributed by atoms with Gasteiger partial charge in [0.05, 0.1) is 4.90 Å². The molecule has 1 aliphatic rings. The Bertz CT molecular complexity index is 752. The number of primary sulfonamides is 1. The Balaban J connectivity index is 1.85. The van der Waals surface area contributed by atoms with E-state index in [-0.39, 0.29) is 4.90 Å². The molecule has 136 valence electrons. The quantitative estimate of drug-likeness (QED) is 0.707. The Morgan fingerprint density at radius 2 is 1.54 bits per heavy atom. The number of sulfonamides is 1. The Labute approximate surface area is 144 Å². The highest BCUT2D eigenvalue weighted by Gasteiger charge is 2.28. The molecule has 2 N–H and O–H groups in total. The van der Waals surface area contributed by atoms with Crippen molar-refractivity contribution in [1.29, 1.82) is 0 Å². The van der Waals surface area contributed by atoms with Crippen LogP contribution >= 0.6 is 0 Å². The molecule has 1 aromatic rings. The van der Waals surface area contributed by atoms with Crippen LogP contribution in [0.4, 0.5) is 0 Å². The Morgan fingerprint density at radius 1 is 1.00 bits per heavy atom. The van der Waals surface area contributed by atoms with Gasteiger partial charge in [0.1, 0.15) is 0 Å². The van der Waals surface area contributed by atoms with E-state index in [9.17, 15) is 16.8 Å². The number of benzene rings is 1. The maximum absolute atomic E-state index is 12.1. The molecule has 0 radical (unpaired) electrons. The second-order valence-corrected chi connectivity index (χ2v) is 9.67. The van der Waals surface area contributed by atoms with Crippen LogP contribution in [0, 0.1) is 0 Å². The molecule has 0 aromatic heterocycles. The van der Waals surface area contributed by atoms with Crippen molar-refractivity contribution in [3.63, 3.8) is 0 Å². The number of piperazine rings is 1. The predicted molar refractivity (Wildman–Crippen MR) is 92.1 cm³/mol. The number of hydrogen-bond acceptors (Lipinski definition) is 5. The van der Waals surface area contributed by atoms with Gasteiger partial charge in [0.2, 0.25) is 10.0 Å². The summed E-state index contributed by atoms with van der Waals surface area (Å²) < 4.78 is 49.3. The van der Waals surface area contributed by atoms with E-state index < -0.39 is 20.2 Å². The molecule has 0 amide bonds. The third-order valence-electron chi connectivity index (χ3n) is 4.09. The van der Waals surface area contributed by atoms with Crippen LogP contribution in [0.25, 0.3) is 0 Å². The molecule has 0 saturated carbocycles. The number of nitrogens with zero attached hydrogens (tertiary/aromatic N) is 3. The molecule has 0 bridgehead atoms. The van der Waals surface area contributed by atoms with Crippen LogP contribution < -0.4 is 5.14 Å². The molecule has 1 aromatic carbocycles. The van der Waals surface area contributed by atoms with Crippen molar-refractivity contribution in [3.8, 4) is 0 Å². The molecule has 1 saturated heterocycles. The molecule has 1 heterocycles. The zero-order chi connectivity index (χ0) is 18.0. The molecule has 10 heteroatoms. The largest absolute Gasteiger partial charge is 0.300 e. The van der Waals surface area contributed by atoms with Gasteiger partial charge in [-0.3, -0.25) is 0 Å². The van der Waals surface area contributed by atoms with Gasteiger partial charge in [0.25, 0.3) is 10.2 Å². The lowest BCUT2D eigenvalue weighted by molar-refractivity contribution is 0.185.